The molecular weight excluding hydrogens is 290 g/mol. The predicted molar refractivity (Wildman–Crippen MR) is 68.4 cm³/mol. The van der Waals surface area contributed by atoms with Crippen molar-refractivity contribution in [1.82, 2.24) is 4.90 Å². The first-order valence-electron chi connectivity index (χ1n) is 5.73. The first-order valence-corrected chi connectivity index (χ1v) is 6.53. The lowest BCUT2D eigenvalue weighted by molar-refractivity contribution is 0.269. The Hall–Kier alpha value is -0.680. The molecule has 1 heterocycles. The average molecular weight is 305 g/mol. The van der Waals surface area contributed by atoms with Crippen molar-refractivity contribution in [3.8, 4) is 0 Å². The number of anilines is 1. The van der Waals surface area contributed by atoms with Crippen LogP contribution in [-0.4, -0.2) is 37.6 Å². The molecule has 1 aromatic carbocycles. The van der Waals surface area contributed by atoms with E-state index in [1.54, 1.807) is 4.90 Å². The number of benzene rings is 1. The highest BCUT2D eigenvalue weighted by molar-refractivity contribution is 9.10. The van der Waals surface area contributed by atoms with Gasteiger partial charge in [-0.05, 0) is 18.7 Å². The van der Waals surface area contributed by atoms with E-state index in [9.17, 15) is 8.78 Å². The van der Waals surface area contributed by atoms with Crippen molar-refractivity contribution in [3.63, 3.8) is 0 Å². The Morgan fingerprint density at radius 3 is 2.12 bits per heavy atom. The van der Waals surface area contributed by atoms with Crippen LogP contribution >= 0.6 is 15.9 Å². The molecule has 0 unspecified atom stereocenters. The van der Waals surface area contributed by atoms with Crippen LogP contribution in [0.2, 0.25) is 0 Å². The van der Waals surface area contributed by atoms with Crippen LogP contribution in [0.3, 0.4) is 0 Å². The lowest BCUT2D eigenvalue weighted by Gasteiger charge is -2.35. The molecule has 0 aliphatic carbocycles. The standard InChI is InChI=1S/C12H15BrF2N2/c1-2-16-3-5-17(6-4-16)12-10(14)7-9(13)8-11(12)15/h7-8H,2-6H2,1H3. The maximum Gasteiger partial charge on any atom is 0.150 e. The lowest BCUT2D eigenvalue weighted by atomic mass is 10.2. The van der Waals surface area contributed by atoms with E-state index in [4.69, 9.17) is 0 Å². The molecule has 1 aromatic rings. The molecule has 1 saturated heterocycles. The van der Waals surface area contributed by atoms with Crippen molar-refractivity contribution < 1.29 is 8.78 Å². The van der Waals surface area contributed by atoms with Crippen LogP contribution in [0.15, 0.2) is 16.6 Å². The van der Waals surface area contributed by atoms with Crippen molar-refractivity contribution in [2.45, 2.75) is 6.92 Å². The number of hydrogen-bond acceptors (Lipinski definition) is 2. The third-order valence-electron chi connectivity index (χ3n) is 3.12. The first-order chi connectivity index (χ1) is 8.11. The van der Waals surface area contributed by atoms with Crippen LogP contribution in [0.5, 0.6) is 0 Å². The number of hydrogen-bond donors (Lipinski definition) is 0. The van der Waals surface area contributed by atoms with Crippen LogP contribution in [0, 0.1) is 11.6 Å². The number of likely N-dealkylation sites (N-methyl/N-ethyl adjacent to an activating group) is 1. The van der Waals surface area contributed by atoms with E-state index in [1.165, 1.54) is 12.1 Å². The Kier molecular flexibility index (Phi) is 3.99. The van der Waals surface area contributed by atoms with E-state index < -0.39 is 11.6 Å². The molecule has 1 aliphatic rings. The highest BCUT2D eigenvalue weighted by Gasteiger charge is 2.21. The number of piperazine rings is 1. The fraction of sp³-hybridized carbons (Fsp3) is 0.500. The summed E-state index contributed by atoms with van der Waals surface area (Å²) in [5.74, 6) is -0.997. The van der Waals surface area contributed by atoms with Gasteiger partial charge in [-0.15, -0.1) is 0 Å². The summed E-state index contributed by atoms with van der Waals surface area (Å²) in [6.07, 6.45) is 0. The zero-order valence-electron chi connectivity index (χ0n) is 9.72. The van der Waals surface area contributed by atoms with Crippen molar-refractivity contribution in [1.29, 1.82) is 0 Å². The van der Waals surface area contributed by atoms with E-state index in [2.05, 4.69) is 27.8 Å². The summed E-state index contributed by atoms with van der Waals surface area (Å²) in [4.78, 5) is 4.05. The van der Waals surface area contributed by atoms with Gasteiger partial charge < -0.3 is 9.80 Å². The van der Waals surface area contributed by atoms with Gasteiger partial charge in [0.15, 0.2) is 11.6 Å². The van der Waals surface area contributed by atoms with E-state index in [-0.39, 0.29) is 5.69 Å². The first kappa shape index (κ1) is 12.8. The summed E-state index contributed by atoms with van der Waals surface area (Å²) < 4.78 is 27.9. The van der Waals surface area contributed by atoms with Crippen molar-refractivity contribution >= 4 is 21.6 Å². The molecular formula is C12H15BrF2N2. The molecule has 0 N–H and O–H groups in total. The van der Waals surface area contributed by atoms with E-state index in [1.807, 2.05) is 0 Å². The molecule has 1 aliphatic heterocycles. The van der Waals surface area contributed by atoms with E-state index in [0.29, 0.717) is 17.6 Å². The maximum atomic E-state index is 13.7. The zero-order valence-corrected chi connectivity index (χ0v) is 11.3. The zero-order chi connectivity index (χ0) is 12.4. The van der Waals surface area contributed by atoms with Crippen molar-refractivity contribution in [3.05, 3.63) is 28.2 Å². The van der Waals surface area contributed by atoms with Gasteiger partial charge in [0.25, 0.3) is 0 Å². The summed E-state index contributed by atoms with van der Waals surface area (Å²) in [5.41, 5.74) is 0.101. The van der Waals surface area contributed by atoms with Gasteiger partial charge in [-0.2, -0.15) is 0 Å². The van der Waals surface area contributed by atoms with Crippen LogP contribution in [0.4, 0.5) is 14.5 Å². The van der Waals surface area contributed by atoms with Crippen LogP contribution in [0.1, 0.15) is 6.92 Å². The van der Waals surface area contributed by atoms with Crippen LogP contribution in [0.25, 0.3) is 0 Å². The summed E-state index contributed by atoms with van der Waals surface area (Å²) >= 11 is 3.09. The van der Waals surface area contributed by atoms with Crippen LogP contribution in [-0.2, 0) is 0 Å². The van der Waals surface area contributed by atoms with Gasteiger partial charge in [0, 0.05) is 30.7 Å². The number of halogens is 3. The van der Waals surface area contributed by atoms with Gasteiger partial charge in [-0.25, -0.2) is 8.78 Å². The van der Waals surface area contributed by atoms with Gasteiger partial charge in [-0.1, -0.05) is 22.9 Å². The van der Waals surface area contributed by atoms with E-state index in [0.717, 1.165) is 19.6 Å². The second kappa shape index (κ2) is 5.31. The molecule has 2 nitrogen and oxygen atoms in total. The molecule has 94 valence electrons. The van der Waals surface area contributed by atoms with Gasteiger partial charge in [-0.3, -0.25) is 0 Å². The minimum Gasteiger partial charge on any atom is -0.364 e. The Morgan fingerprint density at radius 1 is 1.12 bits per heavy atom. The fourth-order valence-electron chi connectivity index (χ4n) is 2.12. The molecule has 2 rings (SSSR count). The SMILES string of the molecule is CCN1CCN(c2c(F)cc(Br)cc2F)CC1. The summed E-state index contributed by atoms with van der Waals surface area (Å²) in [6, 6.07) is 2.62. The molecule has 1 fully saturated rings. The highest BCUT2D eigenvalue weighted by atomic mass is 79.9. The smallest absolute Gasteiger partial charge is 0.150 e. The molecule has 0 radical (unpaired) electrons. The fourth-order valence-corrected chi connectivity index (χ4v) is 2.53. The topological polar surface area (TPSA) is 6.48 Å². The van der Waals surface area contributed by atoms with Crippen molar-refractivity contribution in [2.24, 2.45) is 0 Å². The third-order valence-corrected chi connectivity index (χ3v) is 3.58. The normalized spacial score (nSPS) is 17.5. The van der Waals surface area contributed by atoms with Gasteiger partial charge >= 0.3 is 0 Å². The molecule has 0 bridgehead atoms. The molecule has 0 atom stereocenters. The second-order valence-electron chi connectivity index (χ2n) is 4.14. The minimum atomic E-state index is -0.498. The lowest BCUT2D eigenvalue weighted by Crippen LogP contribution is -2.46. The molecule has 5 heteroatoms. The Balaban J connectivity index is 2.18. The number of rotatable bonds is 2. The van der Waals surface area contributed by atoms with Gasteiger partial charge in [0.05, 0.1) is 0 Å². The predicted octanol–water partition coefficient (Wildman–Crippen LogP) is 2.87. The highest BCUT2D eigenvalue weighted by Crippen LogP contribution is 2.27. The summed E-state index contributed by atoms with van der Waals surface area (Å²) in [6.45, 7) is 6.12. The van der Waals surface area contributed by atoms with Gasteiger partial charge in [0.2, 0.25) is 0 Å². The van der Waals surface area contributed by atoms with Gasteiger partial charge in [0.1, 0.15) is 5.69 Å². The monoisotopic (exact) mass is 304 g/mol. The maximum absolute atomic E-state index is 13.7. The Morgan fingerprint density at radius 2 is 1.65 bits per heavy atom. The average Bonchev–Trinajstić information content (AvgIpc) is 2.28. The molecule has 0 aromatic heterocycles. The second-order valence-corrected chi connectivity index (χ2v) is 5.06. The van der Waals surface area contributed by atoms with E-state index >= 15 is 0 Å². The van der Waals surface area contributed by atoms with Crippen molar-refractivity contribution in [2.75, 3.05) is 37.6 Å². The summed E-state index contributed by atoms with van der Waals surface area (Å²) in [7, 11) is 0. The molecule has 17 heavy (non-hydrogen) atoms. The molecule has 0 amide bonds. The molecule has 0 spiro atoms. The molecule has 0 saturated carbocycles. The third kappa shape index (κ3) is 2.77. The minimum absolute atomic E-state index is 0.101. The number of nitrogens with zero attached hydrogens (tertiary/aromatic N) is 2. The Labute approximate surface area is 108 Å². The van der Waals surface area contributed by atoms with Crippen LogP contribution < -0.4 is 4.90 Å². The quantitative estimate of drug-likeness (QED) is 0.829. The largest absolute Gasteiger partial charge is 0.364 e. The summed E-state index contributed by atoms with van der Waals surface area (Å²) in [5, 5.41) is 0. The Bertz CT molecular complexity index is 380.